The van der Waals surface area contributed by atoms with Gasteiger partial charge in [0.1, 0.15) is 11.6 Å². The van der Waals surface area contributed by atoms with E-state index in [9.17, 15) is 17.6 Å². The Hall–Kier alpha value is -1.57. The Labute approximate surface area is 141 Å². The van der Waals surface area contributed by atoms with Crippen molar-refractivity contribution in [3.8, 4) is 0 Å². The number of hydrogen-bond acceptors (Lipinski definition) is 3. The monoisotopic (exact) mass is 362 g/mol. The minimum atomic E-state index is -4.69. The van der Waals surface area contributed by atoms with Crippen molar-refractivity contribution < 1.29 is 22.0 Å². The van der Waals surface area contributed by atoms with Gasteiger partial charge in [-0.05, 0) is 24.3 Å². The van der Waals surface area contributed by atoms with Gasteiger partial charge in [-0.15, -0.1) is 0 Å². The molecule has 3 rings (SSSR count). The van der Waals surface area contributed by atoms with Gasteiger partial charge < -0.3 is 9.73 Å². The Morgan fingerprint density at radius 1 is 1.17 bits per heavy atom. The fraction of sp³-hybridized carbons (Fsp3) is 0.375. The van der Waals surface area contributed by atoms with E-state index < -0.39 is 29.2 Å². The van der Waals surface area contributed by atoms with Crippen molar-refractivity contribution in [3.63, 3.8) is 0 Å². The first-order valence-electron chi connectivity index (χ1n) is 7.43. The Balaban J connectivity index is 2.19. The number of hydrogen-bond donors (Lipinski definition) is 1. The zero-order valence-corrected chi connectivity index (χ0v) is 13.3. The quantitative estimate of drug-likeness (QED) is 0.834. The first-order chi connectivity index (χ1) is 11.4. The van der Waals surface area contributed by atoms with Gasteiger partial charge in [0.2, 0.25) is 0 Å². The molecule has 1 fully saturated rings. The van der Waals surface area contributed by atoms with Crippen LogP contribution in [-0.4, -0.2) is 31.1 Å². The molecular formula is C16H15ClF4N2O. The lowest BCUT2D eigenvalue weighted by Crippen LogP contribution is -2.46. The van der Waals surface area contributed by atoms with Gasteiger partial charge in [0, 0.05) is 31.7 Å². The molecule has 2 aromatic rings. The predicted octanol–water partition coefficient (Wildman–Crippen LogP) is 4.09. The summed E-state index contributed by atoms with van der Waals surface area (Å²) in [5.74, 6) is -0.810. The molecule has 0 saturated carbocycles. The summed E-state index contributed by atoms with van der Waals surface area (Å²) in [5.41, 5.74) is -1.53. The number of piperazine rings is 1. The summed E-state index contributed by atoms with van der Waals surface area (Å²) in [5, 5.41) is 2.78. The molecule has 0 aliphatic carbocycles. The molecule has 8 heteroatoms. The van der Waals surface area contributed by atoms with Crippen LogP contribution in [0.2, 0.25) is 5.02 Å². The second kappa shape index (κ2) is 6.74. The van der Waals surface area contributed by atoms with E-state index in [4.69, 9.17) is 16.0 Å². The number of furan rings is 1. The smallest absolute Gasteiger partial charge is 0.416 e. The third-order valence-electron chi connectivity index (χ3n) is 4.04. The zero-order chi connectivity index (χ0) is 17.3. The number of alkyl halides is 3. The molecular weight excluding hydrogens is 348 g/mol. The molecule has 1 atom stereocenters. The van der Waals surface area contributed by atoms with Gasteiger partial charge >= 0.3 is 6.18 Å². The molecule has 0 radical (unpaired) electrons. The van der Waals surface area contributed by atoms with Crippen LogP contribution in [0.4, 0.5) is 17.6 Å². The highest BCUT2D eigenvalue weighted by molar-refractivity contribution is 6.30. The van der Waals surface area contributed by atoms with Crippen LogP contribution in [0.25, 0.3) is 0 Å². The van der Waals surface area contributed by atoms with Crippen molar-refractivity contribution in [1.29, 1.82) is 0 Å². The fourth-order valence-corrected chi connectivity index (χ4v) is 3.14. The number of nitrogens with one attached hydrogen (secondary N) is 1. The first kappa shape index (κ1) is 17.3. The second-order valence-corrected chi connectivity index (χ2v) is 5.93. The highest BCUT2D eigenvalue weighted by atomic mass is 35.5. The van der Waals surface area contributed by atoms with Gasteiger partial charge in [-0.3, -0.25) is 4.90 Å². The Morgan fingerprint density at radius 2 is 1.88 bits per heavy atom. The summed E-state index contributed by atoms with van der Waals surface area (Å²) in [7, 11) is 0. The van der Waals surface area contributed by atoms with E-state index in [1.165, 1.54) is 6.26 Å². The zero-order valence-electron chi connectivity index (χ0n) is 12.5. The van der Waals surface area contributed by atoms with Gasteiger partial charge in [0.25, 0.3) is 0 Å². The number of benzene rings is 1. The molecule has 3 nitrogen and oxygen atoms in total. The van der Waals surface area contributed by atoms with E-state index in [0.717, 1.165) is 12.1 Å². The van der Waals surface area contributed by atoms with Crippen LogP contribution in [0.3, 0.4) is 0 Å². The topological polar surface area (TPSA) is 28.4 Å². The number of rotatable bonds is 3. The van der Waals surface area contributed by atoms with Gasteiger partial charge in [-0.2, -0.15) is 13.2 Å². The van der Waals surface area contributed by atoms with Crippen LogP contribution >= 0.6 is 11.6 Å². The molecule has 0 spiro atoms. The van der Waals surface area contributed by atoms with Crippen LogP contribution in [-0.2, 0) is 6.18 Å². The van der Waals surface area contributed by atoms with Crippen LogP contribution < -0.4 is 5.32 Å². The molecule has 0 amide bonds. The maximum atomic E-state index is 14.7. The molecule has 1 aliphatic heterocycles. The lowest BCUT2D eigenvalue weighted by molar-refractivity contribution is -0.139. The second-order valence-electron chi connectivity index (χ2n) is 5.52. The summed E-state index contributed by atoms with van der Waals surface area (Å²) in [4.78, 5) is 1.76. The summed E-state index contributed by atoms with van der Waals surface area (Å²) in [6.45, 7) is 2.13. The fourth-order valence-electron chi connectivity index (χ4n) is 2.97. The standard InChI is InChI=1S/C16H15ClF4N2O/c17-11-4-3-10(16(19,20)21)13(14(11)18)15(12-2-1-9-24-12)23-7-5-22-6-8-23/h1-4,9,15,22H,5-8H2/t15-/m0/s1. The van der Waals surface area contributed by atoms with Crippen molar-refractivity contribution in [2.75, 3.05) is 26.2 Å². The lowest BCUT2D eigenvalue weighted by Gasteiger charge is -2.35. The van der Waals surface area contributed by atoms with Crippen molar-refractivity contribution >= 4 is 11.6 Å². The summed E-state index contributed by atoms with van der Waals surface area (Å²) in [6, 6.07) is 3.88. The summed E-state index contributed by atoms with van der Waals surface area (Å²) in [6.07, 6.45) is -3.33. The van der Waals surface area contributed by atoms with Crippen LogP contribution in [0.5, 0.6) is 0 Å². The van der Waals surface area contributed by atoms with Crippen molar-refractivity contribution in [2.45, 2.75) is 12.2 Å². The maximum absolute atomic E-state index is 14.7. The SMILES string of the molecule is Fc1c(Cl)ccc(C(F)(F)F)c1[C@H](c1ccco1)N1CCNCC1. The van der Waals surface area contributed by atoms with Gasteiger partial charge in [-0.1, -0.05) is 11.6 Å². The van der Waals surface area contributed by atoms with Crippen molar-refractivity contribution in [3.05, 3.63) is 58.3 Å². The minimum absolute atomic E-state index is 0.253. The van der Waals surface area contributed by atoms with E-state index in [1.807, 2.05) is 0 Å². The molecule has 2 heterocycles. The average molecular weight is 363 g/mol. The average Bonchev–Trinajstić information content (AvgIpc) is 3.06. The van der Waals surface area contributed by atoms with Gasteiger partial charge in [0.15, 0.2) is 0 Å². The maximum Gasteiger partial charge on any atom is 0.416 e. The molecule has 1 aromatic carbocycles. The molecule has 1 aromatic heterocycles. The third kappa shape index (κ3) is 3.29. The largest absolute Gasteiger partial charge is 0.467 e. The molecule has 1 N–H and O–H groups in total. The highest BCUT2D eigenvalue weighted by Gasteiger charge is 2.40. The predicted molar refractivity (Wildman–Crippen MR) is 81.4 cm³/mol. The molecule has 24 heavy (non-hydrogen) atoms. The minimum Gasteiger partial charge on any atom is -0.467 e. The molecule has 1 saturated heterocycles. The Bertz CT molecular complexity index is 697. The van der Waals surface area contributed by atoms with Gasteiger partial charge in [0.05, 0.1) is 22.9 Å². The van der Waals surface area contributed by atoms with E-state index in [-0.39, 0.29) is 10.8 Å². The van der Waals surface area contributed by atoms with Crippen LogP contribution in [0.1, 0.15) is 22.9 Å². The number of halogens is 5. The van der Waals surface area contributed by atoms with E-state index in [0.29, 0.717) is 26.2 Å². The molecule has 130 valence electrons. The number of nitrogens with zero attached hydrogens (tertiary/aromatic N) is 1. The highest BCUT2D eigenvalue weighted by Crippen LogP contribution is 2.42. The van der Waals surface area contributed by atoms with Crippen LogP contribution in [0.15, 0.2) is 34.9 Å². The van der Waals surface area contributed by atoms with Crippen molar-refractivity contribution in [2.24, 2.45) is 0 Å². The normalized spacial score (nSPS) is 17.9. The van der Waals surface area contributed by atoms with Crippen molar-refractivity contribution in [1.82, 2.24) is 10.2 Å². The van der Waals surface area contributed by atoms with E-state index in [1.54, 1.807) is 17.0 Å². The van der Waals surface area contributed by atoms with Crippen LogP contribution in [0, 0.1) is 5.82 Å². The van der Waals surface area contributed by atoms with E-state index >= 15 is 0 Å². The molecule has 0 bridgehead atoms. The Morgan fingerprint density at radius 3 is 2.46 bits per heavy atom. The molecule has 0 unspecified atom stereocenters. The summed E-state index contributed by atoms with van der Waals surface area (Å²) < 4.78 is 60.4. The summed E-state index contributed by atoms with van der Waals surface area (Å²) >= 11 is 5.78. The first-order valence-corrected chi connectivity index (χ1v) is 7.80. The molecule has 1 aliphatic rings. The van der Waals surface area contributed by atoms with Gasteiger partial charge in [-0.25, -0.2) is 4.39 Å². The lowest BCUT2D eigenvalue weighted by atomic mass is 9.95. The third-order valence-corrected chi connectivity index (χ3v) is 4.33. The Kier molecular flexibility index (Phi) is 4.85. The van der Waals surface area contributed by atoms with E-state index in [2.05, 4.69) is 5.32 Å².